The van der Waals surface area contributed by atoms with Crippen LogP contribution in [0.2, 0.25) is 0 Å². The van der Waals surface area contributed by atoms with Gasteiger partial charge in [0.25, 0.3) is 0 Å². The van der Waals surface area contributed by atoms with Crippen molar-refractivity contribution in [3.63, 3.8) is 0 Å². The van der Waals surface area contributed by atoms with Crippen LogP contribution >= 0.6 is 11.3 Å². The number of ether oxygens (including phenoxy) is 2. The summed E-state index contributed by atoms with van der Waals surface area (Å²) in [6, 6.07) is 15.9. The quantitative estimate of drug-likeness (QED) is 0.612. The van der Waals surface area contributed by atoms with Gasteiger partial charge in [-0.25, -0.2) is 0 Å². The summed E-state index contributed by atoms with van der Waals surface area (Å²) in [4.78, 5) is 12.1. The van der Waals surface area contributed by atoms with Gasteiger partial charge in [0.15, 0.2) is 11.5 Å². The number of amides is 1. The predicted octanol–water partition coefficient (Wildman–Crippen LogP) is 4.09. The molecule has 1 amide bonds. The molecule has 0 atom stereocenters. The minimum atomic E-state index is -0.246. The van der Waals surface area contributed by atoms with E-state index in [2.05, 4.69) is 27.6 Å². The third-order valence-electron chi connectivity index (χ3n) is 4.22. The van der Waals surface area contributed by atoms with Gasteiger partial charge < -0.3 is 9.47 Å². The van der Waals surface area contributed by atoms with Gasteiger partial charge in [-0.1, -0.05) is 47.7 Å². The fourth-order valence-electron chi connectivity index (χ4n) is 2.83. The van der Waals surface area contributed by atoms with E-state index in [0.717, 1.165) is 35.6 Å². The number of aryl methyl sites for hydroxylation is 2. The third kappa shape index (κ3) is 4.75. The van der Waals surface area contributed by atoms with Crippen molar-refractivity contribution in [1.82, 2.24) is 10.2 Å². The molecular formula is C21H19N3O3S. The Morgan fingerprint density at radius 1 is 1.07 bits per heavy atom. The highest BCUT2D eigenvalue weighted by Gasteiger charge is 2.12. The van der Waals surface area contributed by atoms with E-state index in [4.69, 9.17) is 9.47 Å². The molecule has 0 aliphatic carbocycles. The van der Waals surface area contributed by atoms with Crippen LogP contribution in [0.3, 0.4) is 0 Å². The van der Waals surface area contributed by atoms with E-state index in [-0.39, 0.29) is 12.7 Å². The summed E-state index contributed by atoms with van der Waals surface area (Å²) in [6.45, 7) is 0.230. The lowest BCUT2D eigenvalue weighted by atomic mass is 10.1. The SMILES string of the molecule is O=C(/C=C/c1ccc2c(c1)OCO2)Nc1nnc(CCCc2ccccc2)s1. The zero-order valence-corrected chi connectivity index (χ0v) is 15.9. The van der Waals surface area contributed by atoms with E-state index < -0.39 is 0 Å². The lowest BCUT2D eigenvalue weighted by Crippen LogP contribution is -2.07. The highest BCUT2D eigenvalue weighted by Crippen LogP contribution is 2.32. The number of anilines is 1. The molecule has 142 valence electrons. The van der Waals surface area contributed by atoms with Gasteiger partial charge in [-0.3, -0.25) is 10.1 Å². The van der Waals surface area contributed by atoms with Gasteiger partial charge >= 0.3 is 0 Å². The Labute approximate surface area is 166 Å². The minimum absolute atomic E-state index is 0.230. The Balaban J connectivity index is 1.26. The van der Waals surface area contributed by atoms with Gasteiger partial charge in [0.1, 0.15) is 5.01 Å². The van der Waals surface area contributed by atoms with E-state index in [0.29, 0.717) is 10.9 Å². The van der Waals surface area contributed by atoms with Crippen LogP contribution in [0.5, 0.6) is 11.5 Å². The first-order chi connectivity index (χ1) is 13.8. The summed E-state index contributed by atoms with van der Waals surface area (Å²) in [5.41, 5.74) is 2.17. The molecule has 0 radical (unpaired) electrons. The molecular weight excluding hydrogens is 374 g/mol. The average Bonchev–Trinajstić information content (AvgIpc) is 3.36. The van der Waals surface area contributed by atoms with E-state index in [1.165, 1.54) is 23.0 Å². The van der Waals surface area contributed by atoms with Crippen LogP contribution in [0.1, 0.15) is 22.6 Å². The van der Waals surface area contributed by atoms with Crippen molar-refractivity contribution >= 4 is 28.5 Å². The van der Waals surface area contributed by atoms with Crippen molar-refractivity contribution in [2.24, 2.45) is 0 Å². The molecule has 3 aromatic rings. The molecule has 1 aromatic heterocycles. The first-order valence-corrected chi connectivity index (χ1v) is 9.83. The zero-order valence-electron chi connectivity index (χ0n) is 15.1. The minimum Gasteiger partial charge on any atom is -0.454 e. The molecule has 1 N–H and O–H groups in total. The Hall–Kier alpha value is -3.19. The van der Waals surface area contributed by atoms with Crippen LogP contribution in [-0.2, 0) is 17.6 Å². The number of fused-ring (bicyclic) bond motifs is 1. The number of hydrogen-bond acceptors (Lipinski definition) is 6. The molecule has 0 bridgehead atoms. The van der Waals surface area contributed by atoms with E-state index >= 15 is 0 Å². The topological polar surface area (TPSA) is 73.3 Å². The highest BCUT2D eigenvalue weighted by atomic mass is 32.1. The van der Waals surface area contributed by atoms with Crippen LogP contribution in [0.4, 0.5) is 5.13 Å². The summed E-state index contributed by atoms with van der Waals surface area (Å²) in [5.74, 6) is 1.16. The van der Waals surface area contributed by atoms with Crippen molar-refractivity contribution in [2.75, 3.05) is 12.1 Å². The Kier molecular flexibility index (Phi) is 5.63. The molecule has 28 heavy (non-hydrogen) atoms. The molecule has 1 aliphatic heterocycles. The predicted molar refractivity (Wildman–Crippen MR) is 109 cm³/mol. The number of aromatic nitrogens is 2. The molecule has 0 saturated carbocycles. The fourth-order valence-corrected chi connectivity index (χ4v) is 3.61. The molecule has 0 unspecified atom stereocenters. The monoisotopic (exact) mass is 393 g/mol. The van der Waals surface area contributed by atoms with Crippen LogP contribution < -0.4 is 14.8 Å². The van der Waals surface area contributed by atoms with Crippen molar-refractivity contribution in [1.29, 1.82) is 0 Å². The van der Waals surface area contributed by atoms with Gasteiger partial charge in [-0.2, -0.15) is 0 Å². The van der Waals surface area contributed by atoms with Crippen LogP contribution in [0.25, 0.3) is 6.08 Å². The molecule has 6 nitrogen and oxygen atoms in total. The average molecular weight is 393 g/mol. The highest BCUT2D eigenvalue weighted by molar-refractivity contribution is 7.15. The normalized spacial score (nSPS) is 12.4. The van der Waals surface area contributed by atoms with E-state index in [1.807, 2.05) is 36.4 Å². The third-order valence-corrected chi connectivity index (χ3v) is 5.12. The number of nitrogens with one attached hydrogen (secondary N) is 1. The lowest BCUT2D eigenvalue weighted by molar-refractivity contribution is -0.111. The number of carbonyl (C=O) groups is 1. The maximum absolute atomic E-state index is 12.1. The molecule has 0 saturated heterocycles. The van der Waals surface area contributed by atoms with Gasteiger partial charge in [0.05, 0.1) is 0 Å². The second-order valence-corrected chi connectivity index (χ2v) is 7.34. The summed E-state index contributed by atoms with van der Waals surface area (Å²) >= 11 is 1.41. The first kappa shape index (κ1) is 18.2. The van der Waals surface area contributed by atoms with Crippen LogP contribution in [-0.4, -0.2) is 22.9 Å². The summed E-state index contributed by atoms with van der Waals surface area (Å²) in [7, 11) is 0. The Bertz CT molecular complexity index is 986. The lowest BCUT2D eigenvalue weighted by Gasteiger charge is -1.99. The van der Waals surface area contributed by atoms with Crippen molar-refractivity contribution < 1.29 is 14.3 Å². The Morgan fingerprint density at radius 2 is 1.93 bits per heavy atom. The number of hydrogen-bond donors (Lipinski definition) is 1. The summed E-state index contributed by atoms with van der Waals surface area (Å²) in [5, 5.41) is 12.4. The number of benzene rings is 2. The van der Waals surface area contributed by atoms with E-state index in [9.17, 15) is 4.79 Å². The number of rotatable bonds is 7. The summed E-state index contributed by atoms with van der Waals surface area (Å²) in [6.07, 6.45) is 6.03. The second kappa shape index (κ2) is 8.67. The van der Waals surface area contributed by atoms with Gasteiger partial charge in [0.2, 0.25) is 17.8 Å². The standard InChI is InChI=1S/C21H19N3O3S/c25-19(12-10-16-9-11-17-18(13-16)27-14-26-17)22-21-24-23-20(28-21)8-4-7-15-5-2-1-3-6-15/h1-3,5-6,9-13H,4,7-8,14H2,(H,22,24,25)/b12-10+. The van der Waals surface area contributed by atoms with Gasteiger partial charge in [0, 0.05) is 12.5 Å². The maximum atomic E-state index is 12.1. The largest absolute Gasteiger partial charge is 0.454 e. The van der Waals surface area contributed by atoms with Crippen LogP contribution in [0.15, 0.2) is 54.6 Å². The van der Waals surface area contributed by atoms with Crippen molar-refractivity contribution in [2.45, 2.75) is 19.3 Å². The molecule has 0 spiro atoms. The smallest absolute Gasteiger partial charge is 0.250 e. The molecule has 0 fully saturated rings. The Morgan fingerprint density at radius 3 is 2.82 bits per heavy atom. The van der Waals surface area contributed by atoms with Gasteiger partial charge in [-0.05, 0) is 42.2 Å². The molecule has 2 aromatic carbocycles. The molecule has 7 heteroatoms. The first-order valence-electron chi connectivity index (χ1n) is 9.01. The number of carbonyl (C=O) groups excluding carboxylic acids is 1. The summed E-state index contributed by atoms with van der Waals surface area (Å²) < 4.78 is 10.6. The van der Waals surface area contributed by atoms with Crippen molar-refractivity contribution in [3.05, 3.63) is 70.7 Å². The maximum Gasteiger partial charge on any atom is 0.250 e. The van der Waals surface area contributed by atoms with Crippen molar-refractivity contribution in [3.8, 4) is 11.5 Å². The second-order valence-electron chi connectivity index (χ2n) is 6.28. The number of nitrogens with zero attached hydrogens (tertiary/aromatic N) is 2. The fraction of sp³-hybridized carbons (Fsp3) is 0.190. The zero-order chi connectivity index (χ0) is 19.2. The molecule has 2 heterocycles. The molecule has 4 rings (SSSR count). The van der Waals surface area contributed by atoms with Gasteiger partial charge in [-0.15, -0.1) is 10.2 Å². The van der Waals surface area contributed by atoms with Crippen LogP contribution in [0, 0.1) is 0 Å². The molecule has 1 aliphatic rings. The van der Waals surface area contributed by atoms with E-state index in [1.54, 1.807) is 6.08 Å².